The Balaban J connectivity index is 2.00. The minimum absolute atomic E-state index is 0.0254. The van der Waals surface area contributed by atoms with Gasteiger partial charge in [-0.3, -0.25) is 18.9 Å². The van der Waals surface area contributed by atoms with Gasteiger partial charge in [0.2, 0.25) is 0 Å². The molecule has 0 aliphatic rings. The Morgan fingerprint density at radius 3 is 2.35 bits per heavy atom. The van der Waals surface area contributed by atoms with Gasteiger partial charge < -0.3 is 5.32 Å². The molecule has 0 aliphatic heterocycles. The van der Waals surface area contributed by atoms with E-state index in [-0.39, 0.29) is 11.6 Å². The molecule has 0 radical (unpaired) electrons. The molecule has 2 heterocycles. The summed E-state index contributed by atoms with van der Waals surface area (Å²) in [5.41, 5.74) is 2.88. The molecule has 3 aromatic rings. The van der Waals surface area contributed by atoms with Crippen molar-refractivity contribution in [3.05, 3.63) is 58.8 Å². The van der Waals surface area contributed by atoms with Gasteiger partial charge in [-0.1, -0.05) is 0 Å². The van der Waals surface area contributed by atoms with Gasteiger partial charge in [0, 0.05) is 36.7 Å². The number of fused-ring (bicyclic) bond motifs is 1. The summed E-state index contributed by atoms with van der Waals surface area (Å²) in [5, 5.41) is 2.86. The van der Waals surface area contributed by atoms with Crippen molar-refractivity contribution in [2.24, 2.45) is 0 Å². The van der Waals surface area contributed by atoms with Crippen molar-refractivity contribution in [1.82, 2.24) is 14.1 Å². The third kappa shape index (κ3) is 2.63. The van der Waals surface area contributed by atoms with Crippen LogP contribution >= 0.6 is 0 Å². The molecule has 1 aromatic carbocycles. The van der Waals surface area contributed by atoms with Gasteiger partial charge in [-0.25, -0.2) is 4.79 Å². The standard InChI is InChI=1S/C17H18N4O2/c1-3-20-14-6-5-13(11-15(14)21(4-2)17(20)23)19-16(22)12-7-9-18-10-8-12/h5-11H,3-4H2,1-2H3,(H,19,22). The van der Waals surface area contributed by atoms with E-state index >= 15 is 0 Å². The number of pyridine rings is 1. The fraction of sp³-hybridized carbons (Fsp3) is 0.235. The van der Waals surface area contributed by atoms with E-state index in [2.05, 4.69) is 10.3 Å². The molecule has 0 saturated carbocycles. The minimum Gasteiger partial charge on any atom is -0.322 e. The summed E-state index contributed by atoms with van der Waals surface area (Å²) < 4.78 is 3.44. The number of hydrogen-bond acceptors (Lipinski definition) is 3. The average Bonchev–Trinajstić information content (AvgIpc) is 2.85. The molecule has 6 heteroatoms. The lowest BCUT2D eigenvalue weighted by atomic mass is 10.2. The molecule has 0 unspecified atom stereocenters. The molecule has 23 heavy (non-hydrogen) atoms. The van der Waals surface area contributed by atoms with Crippen LogP contribution in [0.25, 0.3) is 11.0 Å². The topological polar surface area (TPSA) is 68.9 Å². The lowest BCUT2D eigenvalue weighted by Gasteiger charge is -2.06. The molecule has 0 atom stereocenters. The third-order valence-corrected chi connectivity index (χ3v) is 3.85. The van der Waals surface area contributed by atoms with E-state index in [1.54, 1.807) is 33.7 Å². The van der Waals surface area contributed by atoms with Crippen molar-refractivity contribution in [3.63, 3.8) is 0 Å². The summed E-state index contributed by atoms with van der Waals surface area (Å²) in [5.74, 6) is -0.202. The van der Waals surface area contributed by atoms with Gasteiger partial charge in [0.25, 0.3) is 5.91 Å². The molecule has 6 nitrogen and oxygen atoms in total. The van der Waals surface area contributed by atoms with Gasteiger partial charge in [-0.15, -0.1) is 0 Å². The van der Waals surface area contributed by atoms with Gasteiger partial charge in [0.15, 0.2) is 0 Å². The maximum atomic E-state index is 12.3. The molecular weight excluding hydrogens is 292 g/mol. The number of aromatic nitrogens is 3. The molecule has 0 spiro atoms. The van der Waals surface area contributed by atoms with E-state index in [1.165, 1.54) is 0 Å². The molecule has 1 N–H and O–H groups in total. The van der Waals surface area contributed by atoms with Crippen LogP contribution in [-0.2, 0) is 13.1 Å². The number of carbonyl (C=O) groups is 1. The second kappa shape index (κ2) is 6.08. The van der Waals surface area contributed by atoms with Crippen LogP contribution in [0.1, 0.15) is 24.2 Å². The number of nitrogens with one attached hydrogen (secondary N) is 1. The first-order chi connectivity index (χ1) is 11.2. The average molecular weight is 310 g/mol. The van der Waals surface area contributed by atoms with Gasteiger partial charge in [-0.2, -0.15) is 0 Å². The number of benzene rings is 1. The van der Waals surface area contributed by atoms with Crippen LogP contribution < -0.4 is 11.0 Å². The lowest BCUT2D eigenvalue weighted by Crippen LogP contribution is -2.23. The Labute approximate surface area is 133 Å². The lowest BCUT2D eigenvalue weighted by molar-refractivity contribution is 0.102. The SMILES string of the molecule is CCn1c(=O)n(CC)c2cc(NC(=O)c3ccncc3)ccc21. The van der Waals surface area contributed by atoms with Crippen molar-refractivity contribution in [2.45, 2.75) is 26.9 Å². The van der Waals surface area contributed by atoms with Gasteiger partial charge in [0.1, 0.15) is 0 Å². The summed E-state index contributed by atoms with van der Waals surface area (Å²) in [6.45, 7) is 5.08. The zero-order chi connectivity index (χ0) is 16.4. The number of carbonyl (C=O) groups excluding carboxylic acids is 1. The number of hydrogen-bond donors (Lipinski definition) is 1. The smallest absolute Gasteiger partial charge is 0.322 e. The van der Waals surface area contributed by atoms with Gasteiger partial charge in [-0.05, 0) is 44.2 Å². The zero-order valence-electron chi connectivity index (χ0n) is 13.1. The molecule has 118 valence electrons. The van der Waals surface area contributed by atoms with E-state index < -0.39 is 0 Å². The number of anilines is 1. The molecule has 3 rings (SSSR count). The Morgan fingerprint density at radius 2 is 1.70 bits per heavy atom. The maximum Gasteiger partial charge on any atom is 0.329 e. The number of aryl methyl sites for hydroxylation is 2. The van der Waals surface area contributed by atoms with Crippen LogP contribution in [-0.4, -0.2) is 20.0 Å². The molecule has 0 aliphatic carbocycles. The minimum atomic E-state index is -0.202. The second-order valence-electron chi connectivity index (χ2n) is 5.16. The Bertz CT molecular complexity index is 909. The first-order valence-corrected chi connectivity index (χ1v) is 7.60. The van der Waals surface area contributed by atoms with Crippen LogP contribution in [0.3, 0.4) is 0 Å². The maximum absolute atomic E-state index is 12.3. The first kappa shape index (κ1) is 15.0. The monoisotopic (exact) mass is 310 g/mol. The largest absolute Gasteiger partial charge is 0.329 e. The summed E-state index contributed by atoms with van der Waals surface area (Å²) >= 11 is 0. The van der Waals surface area contributed by atoms with E-state index in [0.717, 1.165) is 11.0 Å². The highest BCUT2D eigenvalue weighted by atomic mass is 16.2. The highest BCUT2D eigenvalue weighted by molar-refractivity contribution is 6.04. The predicted octanol–water partition coefficient (Wildman–Crippen LogP) is 2.49. The quantitative estimate of drug-likeness (QED) is 0.805. The van der Waals surface area contributed by atoms with Crippen molar-refractivity contribution in [2.75, 3.05) is 5.32 Å². The fourth-order valence-corrected chi connectivity index (χ4v) is 2.72. The fourth-order valence-electron chi connectivity index (χ4n) is 2.72. The summed E-state index contributed by atoms with van der Waals surface area (Å²) in [7, 11) is 0. The molecular formula is C17H18N4O2. The van der Waals surface area contributed by atoms with Crippen LogP contribution in [0.5, 0.6) is 0 Å². The van der Waals surface area contributed by atoms with Crippen molar-refractivity contribution < 1.29 is 4.79 Å². The molecule has 2 aromatic heterocycles. The van der Waals surface area contributed by atoms with E-state index in [4.69, 9.17) is 0 Å². The van der Waals surface area contributed by atoms with Crippen molar-refractivity contribution in [3.8, 4) is 0 Å². The van der Waals surface area contributed by atoms with Crippen molar-refractivity contribution in [1.29, 1.82) is 0 Å². The Morgan fingerprint density at radius 1 is 1.04 bits per heavy atom. The first-order valence-electron chi connectivity index (χ1n) is 7.60. The number of amides is 1. The van der Waals surface area contributed by atoms with Gasteiger partial charge in [0.05, 0.1) is 11.0 Å². The predicted molar refractivity (Wildman–Crippen MR) is 89.7 cm³/mol. The number of nitrogens with zero attached hydrogens (tertiary/aromatic N) is 3. The summed E-state index contributed by atoms with van der Waals surface area (Å²) in [4.78, 5) is 28.5. The molecule has 1 amide bonds. The zero-order valence-corrected chi connectivity index (χ0v) is 13.1. The highest BCUT2D eigenvalue weighted by Crippen LogP contribution is 2.19. The molecule has 0 fully saturated rings. The van der Waals surface area contributed by atoms with E-state index in [1.807, 2.05) is 32.0 Å². The van der Waals surface area contributed by atoms with E-state index in [9.17, 15) is 9.59 Å². The van der Waals surface area contributed by atoms with Crippen LogP contribution in [0, 0.1) is 0 Å². The summed E-state index contributed by atoms with van der Waals surface area (Å²) in [6, 6.07) is 8.83. The van der Waals surface area contributed by atoms with Crippen LogP contribution in [0.4, 0.5) is 5.69 Å². The van der Waals surface area contributed by atoms with Crippen LogP contribution in [0.15, 0.2) is 47.5 Å². The molecule has 0 saturated heterocycles. The van der Waals surface area contributed by atoms with Crippen molar-refractivity contribution >= 4 is 22.6 Å². The van der Waals surface area contributed by atoms with E-state index in [0.29, 0.717) is 24.3 Å². The number of imidazole rings is 1. The normalized spacial score (nSPS) is 10.9. The van der Waals surface area contributed by atoms with Gasteiger partial charge >= 0.3 is 5.69 Å². The highest BCUT2D eigenvalue weighted by Gasteiger charge is 2.12. The van der Waals surface area contributed by atoms with Crippen LogP contribution in [0.2, 0.25) is 0 Å². The summed E-state index contributed by atoms with van der Waals surface area (Å²) in [6.07, 6.45) is 3.16. The number of rotatable bonds is 4. The Hall–Kier alpha value is -2.89. The third-order valence-electron chi connectivity index (χ3n) is 3.85. The molecule has 0 bridgehead atoms. The Kier molecular flexibility index (Phi) is 3.97. The second-order valence-corrected chi connectivity index (χ2v) is 5.16.